The van der Waals surface area contributed by atoms with E-state index >= 15 is 0 Å². The molecule has 0 heterocycles. The highest BCUT2D eigenvalue weighted by molar-refractivity contribution is 5.86. The van der Waals surface area contributed by atoms with Gasteiger partial charge in [0, 0.05) is 5.71 Å². The predicted octanol–water partition coefficient (Wildman–Crippen LogP) is 2.39. The highest BCUT2D eigenvalue weighted by Gasteiger charge is 2.17. The normalized spacial score (nSPS) is 24.1. The SMILES string of the molecule is CCCCC1CCC/C(=N/NC(N)=O)C1. The maximum atomic E-state index is 10.5. The molecule has 0 spiro atoms. The summed E-state index contributed by atoms with van der Waals surface area (Å²) in [6.07, 6.45) is 8.35. The minimum Gasteiger partial charge on any atom is -0.350 e. The van der Waals surface area contributed by atoms with Crippen LogP contribution < -0.4 is 11.2 Å². The molecular weight excluding hydrogens is 190 g/mol. The molecule has 86 valence electrons. The van der Waals surface area contributed by atoms with E-state index < -0.39 is 6.03 Å². The van der Waals surface area contributed by atoms with Crippen LogP contribution in [0.4, 0.5) is 4.79 Å². The molecule has 4 nitrogen and oxygen atoms in total. The number of nitrogens with two attached hydrogens (primary N) is 1. The first-order chi connectivity index (χ1) is 7.22. The zero-order valence-corrected chi connectivity index (χ0v) is 9.46. The van der Waals surface area contributed by atoms with Crippen LogP contribution in [-0.4, -0.2) is 11.7 Å². The minimum atomic E-state index is -0.571. The number of unbranched alkanes of at least 4 members (excludes halogenated alkanes) is 1. The molecule has 0 radical (unpaired) electrons. The molecule has 1 saturated carbocycles. The Balaban J connectivity index is 2.34. The van der Waals surface area contributed by atoms with Crippen molar-refractivity contribution in [1.82, 2.24) is 5.43 Å². The predicted molar refractivity (Wildman–Crippen MR) is 61.6 cm³/mol. The van der Waals surface area contributed by atoms with Crippen LogP contribution in [0.1, 0.15) is 51.9 Å². The fourth-order valence-corrected chi connectivity index (χ4v) is 2.11. The Morgan fingerprint density at radius 1 is 1.67 bits per heavy atom. The maximum Gasteiger partial charge on any atom is 0.332 e. The van der Waals surface area contributed by atoms with E-state index in [9.17, 15) is 4.79 Å². The van der Waals surface area contributed by atoms with Crippen molar-refractivity contribution in [2.45, 2.75) is 51.9 Å². The summed E-state index contributed by atoms with van der Waals surface area (Å²) in [6, 6.07) is -0.571. The van der Waals surface area contributed by atoms with Gasteiger partial charge in [-0.3, -0.25) is 0 Å². The fourth-order valence-electron chi connectivity index (χ4n) is 2.11. The van der Waals surface area contributed by atoms with Crippen LogP contribution in [0.15, 0.2) is 5.10 Å². The number of nitrogens with one attached hydrogen (secondary N) is 1. The fraction of sp³-hybridized carbons (Fsp3) is 0.818. The molecular formula is C11H21N3O. The number of hydrogen-bond acceptors (Lipinski definition) is 2. The third kappa shape index (κ3) is 4.81. The second-order valence-corrected chi connectivity index (χ2v) is 4.26. The van der Waals surface area contributed by atoms with Gasteiger partial charge in [0.25, 0.3) is 0 Å². The number of nitrogens with zero attached hydrogens (tertiary/aromatic N) is 1. The molecule has 1 rings (SSSR count). The molecule has 0 aromatic rings. The summed E-state index contributed by atoms with van der Waals surface area (Å²) in [6.45, 7) is 2.21. The van der Waals surface area contributed by atoms with Gasteiger partial charge in [0.2, 0.25) is 0 Å². The molecule has 4 heteroatoms. The molecule has 1 atom stereocenters. The third-order valence-corrected chi connectivity index (χ3v) is 2.89. The van der Waals surface area contributed by atoms with Gasteiger partial charge in [-0.15, -0.1) is 0 Å². The number of rotatable bonds is 4. The van der Waals surface area contributed by atoms with Crippen molar-refractivity contribution in [3.8, 4) is 0 Å². The molecule has 1 aliphatic rings. The Labute approximate surface area is 91.3 Å². The summed E-state index contributed by atoms with van der Waals surface area (Å²) in [4.78, 5) is 10.5. The summed E-state index contributed by atoms with van der Waals surface area (Å²) >= 11 is 0. The minimum absolute atomic E-state index is 0.571. The first-order valence-corrected chi connectivity index (χ1v) is 5.83. The first kappa shape index (κ1) is 12.0. The number of carbonyl (C=O) groups excluding carboxylic acids is 1. The van der Waals surface area contributed by atoms with Gasteiger partial charge in [0.15, 0.2) is 0 Å². The zero-order valence-electron chi connectivity index (χ0n) is 9.46. The van der Waals surface area contributed by atoms with E-state index in [1.807, 2.05) is 0 Å². The van der Waals surface area contributed by atoms with Crippen molar-refractivity contribution < 1.29 is 4.79 Å². The Morgan fingerprint density at radius 2 is 2.47 bits per heavy atom. The molecule has 0 bridgehead atoms. The van der Waals surface area contributed by atoms with Gasteiger partial charge >= 0.3 is 6.03 Å². The van der Waals surface area contributed by atoms with E-state index in [2.05, 4.69) is 17.5 Å². The van der Waals surface area contributed by atoms with Crippen LogP contribution in [0.2, 0.25) is 0 Å². The van der Waals surface area contributed by atoms with Crippen molar-refractivity contribution >= 4 is 11.7 Å². The average molecular weight is 211 g/mol. The summed E-state index contributed by atoms with van der Waals surface area (Å²) in [5.41, 5.74) is 8.38. The summed E-state index contributed by atoms with van der Waals surface area (Å²) in [5, 5.41) is 4.03. The Bertz CT molecular complexity index is 238. The van der Waals surface area contributed by atoms with Gasteiger partial charge in [-0.25, -0.2) is 10.2 Å². The smallest absolute Gasteiger partial charge is 0.332 e. The van der Waals surface area contributed by atoms with Gasteiger partial charge in [0.05, 0.1) is 0 Å². The lowest BCUT2D eigenvalue weighted by atomic mass is 9.84. The van der Waals surface area contributed by atoms with Gasteiger partial charge in [-0.1, -0.05) is 26.2 Å². The molecule has 2 amide bonds. The van der Waals surface area contributed by atoms with Crippen molar-refractivity contribution in [2.75, 3.05) is 0 Å². The highest BCUT2D eigenvalue weighted by Crippen LogP contribution is 2.26. The van der Waals surface area contributed by atoms with Crippen LogP contribution >= 0.6 is 0 Å². The first-order valence-electron chi connectivity index (χ1n) is 5.83. The lowest BCUT2D eigenvalue weighted by Gasteiger charge is -2.22. The summed E-state index contributed by atoms with van der Waals surface area (Å²) in [7, 11) is 0. The lowest BCUT2D eigenvalue weighted by Crippen LogP contribution is -2.27. The van der Waals surface area contributed by atoms with Crippen molar-refractivity contribution in [3.63, 3.8) is 0 Å². The molecule has 3 N–H and O–H groups in total. The Kier molecular flexibility index (Phi) is 5.15. The van der Waals surface area contributed by atoms with E-state index in [-0.39, 0.29) is 0 Å². The molecule has 0 aromatic carbocycles. The summed E-state index contributed by atoms with van der Waals surface area (Å²) < 4.78 is 0. The van der Waals surface area contributed by atoms with Gasteiger partial charge in [-0.05, 0) is 31.6 Å². The van der Waals surface area contributed by atoms with Crippen LogP contribution in [0.25, 0.3) is 0 Å². The molecule has 1 aliphatic carbocycles. The average Bonchev–Trinajstić information content (AvgIpc) is 2.24. The van der Waals surface area contributed by atoms with Crippen LogP contribution in [0.5, 0.6) is 0 Å². The van der Waals surface area contributed by atoms with Crippen LogP contribution in [0, 0.1) is 5.92 Å². The number of primary amides is 1. The van der Waals surface area contributed by atoms with Gasteiger partial charge in [-0.2, -0.15) is 5.10 Å². The monoisotopic (exact) mass is 211 g/mol. The van der Waals surface area contributed by atoms with Crippen LogP contribution in [0.3, 0.4) is 0 Å². The second-order valence-electron chi connectivity index (χ2n) is 4.26. The quantitative estimate of drug-likeness (QED) is 0.689. The standard InChI is InChI=1S/C11H21N3O/c1-2-3-5-9-6-4-7-10(8-9)13-14-11(12)15/h9H,2-8H2,1H3,(H3,12,14,15)/b13-10-. The summed E-state index contributed by atoms with van der Waals surface area (Å²) in [5.74, 6) is 0.757. The molecule has 15 heavy (non-hydrogen) atoms. The maximum absolute atomic E-state index is 10.5. The Morgan fingerprint density at radius 3 is 3.13 bits per heavy atom. The van der Waals surface area contributed by atoms with E-state index in [1.54, 1.807) is 0 Å². The van der Waals surface area contributed by atoms with Gasteiger partial charge in [0.1, 0.15) is 0 Å². The van der Waals surface area contributed by atoms with Crippen LogP contribution in [-0.2, 0) is 0 Å². The zero-order chi connectivity index (χ0) is 11.1. The molecule has 0 aromatic heterocycles. The number of amides is 2. The topological polar surface area (TPSA) is 67.5 Å². The molecule has 0 saturated heterocycles. The number of hydrogen-bond donors (Lipinski definition) is 2. The van der Waals surface area contributed by atoms with E-state index in [0.29, 0.717) is 0 Å². The third-order valence-electron chi connectivity index (χ3n) is 2.89. The van der Waals surface area contributed by atoms with E-state index in [0.717, 1.165) is 24.5 Å². The largest absolute Gasteiger partial charge is 0.350 e. The lowest BCUT2D eigenvalue weighted by molar-refractivity contribution is 0.249. The number of urea groups is 1. The molecule has 1 fully saturated rings. The second kappa shape index (κ2) is 6.43. The number of carbonyl (C=O) groups is 1. The Hall–Kier alpha value is -1.06. The van der Waals surface area contributed by atoms with E-state index in [1.165, 1.54) is 32.1 Å². The van der Waals surface area contributed by atoms with Gasteiger partial charge < -0.3 is 5.73 Å². The highest BCUT2D eigenvalue weighted by atomic mass is 16.2. The number of hydrazone groups is 1. The molecule has 1 unspecified atom stereocenters. The van der Waals surface area contributed by atoms with Crippen molar-refractivity contribution in [3.05, 3.63) is 0 Å². The van der Waals surface area contributed by atoms with E-state index in [4.69, 9.17) is 5.73 Å². The molecule has 0 aliphatic heterocycles. The van der Waals surface area contributed by atoms with Crippen molar-refractivity contribution in [1.29, 1.82) is 0 Å². The van der Waals surface area contributed by atoms with Crippen molar-refractivity contribution in [2.24, 2.45) is 16.8 Å².